The van der Waals surface area contributed by atoms with Gasteiger partial charge >= 0.3 is 6.01 Å². The number of aliphatic imine (C=N–C) groups is 1. The van der Waals surface area contributed by atoms with Gasteiger partial charge in [0.2, 0.25) is 5.89 Å². The number of halogens is 2. The molecule has 0 bridgehead atoms. The Balaban J connectivity index is 1.53. The minimum Gasteiger partial charge on any atom is -0.408 e. The van der Waals surface area contributed by atoms with Crippen molar-refractivity contribution >= 4 is 41.1 Å². The number of hydrogen-bond acceptors (Lipinski definition) is 5. The van der Waals surface area contributed by atoms with Crippen LogP contribution in [0.1, 0.15) is 22.6 Å². The smallest absolute Gasteiger partial charge is 0.320 e. The number of nitrogens with zero attached hydrogens (tertiary/aromatic N) is 3. The van der Waals surface area contributed by atoms with Crippen LogP contribution in [0, 0.1) is 0 Å². The molecule has 0 saturated carbocycles. The van der Waals surface area contributed by atoms with Gasteiger partial charge in [0.05, 0.1) is 23.7 Å². The van der Waals surface area contributed by atoms with Gasteiger partial charge < -0.3 is 9.73 Å². The molecule has 1 aliphatic heterocycles. The maximum Gasteiger partial charge on any atom is 0.320 e. The van der Waals surface area contributed by atoms with E-state index in [1.54, 1.807) is 6.21 Å². The summed E-state index contributed by atoms with van der Waals surface area (Å²) in [5.74, 6) is 0.499. The average Bonchev–Trinajstić information content (AvgIpc) is 3.20. The summed E-state index contributed by atoms with van der Waals surface area (Å²) in [6.07, 6.45) is 2.29. The van der Waals surface area contributed by atoms with Crippen LogP contribution in [0.25, 0.3) is 0 Å². The number of nitrogens with one attached hydrogen (secondary N) is 1. The van der Waals surface area contributed by atoms with Crippen LogP contribution in [-0.2, 0) is 13.0 Å². The first kappa shape index (κ1) is 15.2. The van der Waals surface area contributed by atoms with Crippen LogP contribution in [0.2, 0.25) is 10.0 Å². The van der Waals surface area contributed by atoms with E-state index >= 15 is 0 Å². The van der Waals surface area contributed by atoms with Crippen LogP contribution in [-0.4, -0.2) is 16.4 Å². The molecule has 0 fully saturated rings. The van der Waals surface area contributed by atoms with Crippen LogP contribution in [0.4, 0.5) is 11.7 Å². The van der Waals surface area contributed by atoms with E-state index in [0.717, 1.165) is 16.7 Å². The zero-order chi connectivity index (χ0) is 16.5. The quantitative estimate of drug-likeness (QED) is 0.737. The van der Waals surface area contributed by atoms with Crippen molar-refractivity contribution in [2.24, 2.45) is 4.99 Å². The highest BCUT2D eigenvalue weighted by Gasteiger charge is 2.15. The molecule has 0 saturated heterocycles. The predicted octanol–water partition coefficient (Wildman–Crippen LogP) is 4.64. The number of rotatable bonds is 4. The van der Waals surface area contributed by atoms with E-state index in [1.165, 1.54) is 0 Å². The van der Waals surface area contributed by atoms with Crippen molar-refractivity contribution in [3.63, 3.8) is 0 Å². The number of aromatic nitrogens is 2. The highest BCUT2D eigenvalue weighted by molar-refractivity contribution is 6.36. The van der Waals surface area contributed by atoms with Crippen LogP contribution < -0.4 is 5.32 Å². The lowest BCUT2D eigenvalue weighted by atomic mass is 10.1. The molecule has 0 aliphatic carbocycles. The molecule has 0 unspecified atom stereocenters. The van der Waals surface area contributed by atoms with Crippen molar-refractivity contribution in [2.45, 2.75) is 13.0 Å². The second-order valence-corrected chi connectivity index (χ2v) is 6.22. The maximum absolute atomic E-state index is 6.40. The fourth-order valence-electron chi connectivity index (χ4n) is 2.55. The number of anilines is 2. The first-order chi connectivity index (χ1) is 11.7. The second-order valence-electron chi connectivity index (χ2n) is 5.40. The van der Waals surface area contributed by atoms with Crippen LogP contribution >= 0.6 is 23.2 Å². The van der Waals surface area contributed by atoms with Gasteiger partial charge in [0, 0.05) is 16.8 Å². The van der Waals surface area contributed by atoms with E-state index in [0.29, 0.717) is 40.6 Å². The largest absolute Gasteiger partial charge is 0.408 e. The van der Waals surface area contributed by atoms with Crippen LogP contribution in [0.5, 0.6) is 0 Å². The van der Waals surface area contributed by atoms with E-state index in [9.17, 15) is 0 Å². The summed E-state index contributed by atoms with van der Waals surface area (Å²) in [7, 11) is 0. The van der Waals surface area contributed by atoms with Gasteiger partial charge in [0.1, 0.15) is 0 Å². The molecule has 5 nitrogen and oxygen atoms in total. The maximum atomic E-state index is 6.40. The van der Waals surface area contributed by atoms with Gasteiger partial charge in [-0.15, -0.1) is 5.10 Å². The summed E-state index contributed by atoms with van der Waals surface area (Å²) in [6.45, 7) is 0.666. The summed E-state index contributed by atoms with van der Waals surface area (Å²) in [5, 5.41) is 12.4. The van der Waals surface area contributed by atoms with Crippen molar-refractivity contribution in [1.29, 1.82) is 0 Å². The molecule has 7 heteroatoms. The Hall–Kier alpha value is -2.37. The minimum absolute atomic E-state index is 0.295. The lowest BCUT2D eigenvalue weighted by Crippen LogP contribution is -1.95. The predicted molar refractivity (Wildman–Crippen MR) is 94.6 cm³/mol. The molecule has 1 aliphatic rings. The molecule has 0 amide bonds. The highest BCUT2D eigenvalue weighted by atomic mass is 35.5. The second kappa shape index (κ2) is 6.26. The molecular weight excluding hydrogens is 347 g/mol. The first-order valence-corrected chi connectivity index (χ1v) is 8.10. The molecule has 0 atom stereocenters. The van der Waals surface area contributed by atoms with Gasteiger partial charge in [-0.2, -0.15) is 0 Å². The number of fused-ring (bicyclic) bond motifs is 1. The minimum atomic E-state index is 0.295. The molecular formula is C17H12Cl2N4O. The van der Waals surface area contributed by atoms with E-state index in [2.05, 4.69) is 20.5 Å². The van der Waals surface area contributed by atoms with Crippen LogP contribution in [0.15, 0.2) is 45.8 Å². The Morgan fingerprint density at radius 2 is 2.04 bits per heavy atom. The molecule has 0 radical (unpaired) electrons. The zero-order valence-electron chi connectivity index (χ0n) is 12.5. The SMILES string of the molecule is Clc1cccc(Cc2nnc(Nc3ccc4c(c3Cl)C=NC4)o2)c1. The fraction of sp³-hybridized carbons (Fsp3) is 0.118. The van der Waals surface area contributed by atoms with E-state index < -0.39 is 0 Å². The average molecular weight is 359 g/mol. The van der Waals surface area contributed by atoms with E-state index in [-0.39, 0.29) is 0 Å². The monoisotopic (exact) mass is 358 g/mol. The summed E-state index contributed by atoms with van der Waals surface area (Å²) >= 11 is 12.4. The third kappa shape index (κ3) is 3.00. The Kier molecular flexibility index (Phi) is 3.96. The molecule has 0 spiro atoms. The van der Waals surface area contributed by atoms with Gasteiger partial charge in [-0.3, -0.25) is 4.99 Å². The Bertz CT molecular complexity index is 936. The first-order valence-electron chi connectivity index (χ1n) is 7.34. The molecule has 24 heavy (non-hydrogen) atoms. The normalized spacial score (nSPS) is 12.4. The van der Waals surface area contributed by atoms with Gasteiger partial charge in [0.15, 0.2) is 0 Å². The Morgan fingerprint density at radius 1 is 1.12 bits per heavy atom. The highest BCUT2D eigenvalue weighted by Crippen LogP contribution is 2.32. The number of hydrogen-bond donors (Lipinski definition) is 1. The molecule has 2 heterocycles. The third-order valence-electron chi connectivity index (χ3n) is 3.70. The van der Waals surface area contributed by atoms with Crippen molar-refractivity contribution in [3.05, 3.63) is 69.0 Å². The molecule has 2 aromatic carbocycles. The van der Waals surface area contributed by atoms with Crippen LogP contribution in [0.3, 0.4) is 0 Å². The molecule has 1 N–H and O–H groups in total. The number of benzene rings is 2. The van der Waals surface area contributed by atoms with Crippen molar-refractivity contribution in [2.75, 3.05) is 5.32 Å². The molecule has 4 rings (SSSR count). The Morgan fingerprint density at radius 3 is 2.92 bits per heavy atom. The fourth-order valence-corrected chi connectivity index (χ4v) is 3.05. The lowest BCUT2D eigenvalue weighted by molar-refractivity contribution is 0.521. The molecule has 1 aromatic heterocycles. The van der Waals surface area contributed by atoms with Crippen molar-refractivity contribution < 1.29 is 4.42 Å². The lowest BCUT2D eigenvalue weighted by Gasteiger charge is -2.07. The summed E-state index contributed by atoms with van der Waals surface area (Å²) in [4.78, 5) is 4.22. The summed E-state index contributed by atoms with van der Waals surface area (Å²) in [5.41, 5.74) is 3.75. The van der Waals surface area contributed by atoms with Crippen molar-refractivity contribution in [3.8, 4) is 0 Å². The van der Waals surface area contributed by atoms with Gasteiger partial charge in [0.25, 0.3) is 0 Å². The molecule has 120 valence electrons. The third-order valence-corrected chi connectivity index (χ3v) is 4.35. The van der Waals surface area contributed by atoms with E-state index in [4.69, 9.17) is 27.6 Å². The van der Waals surface area contributed by atoms with E-state index in [1.807, 2.05) is 36.4 Å². The van der Waals surface area contributed by atoms with Gasteiger partial charge in [-0.05, 0) is 29.3 Å². The standard InChI is InChI=1S/C17H12Cl2N4O/c18-12-3-1-2-10(6-12)7-15-22-23-17(24-15)21-14-5-4-11-8-20-9-13(11)16(14)19/h1-6,9H,7-8H2,(H,21,23). The van der Waals surface area contributed by atoms with Crippen molar-refractivity contribution in [1.82, 2.24) is 10.2 Å². The molecule has 3 aromatic rings. The zero-order valence-corrected chi connectivity index (χ0v) is 14.0. The summed E-state index contributed by atoms with van der Waals surface area (Å²) < 4.78 is 5.64. The van der Waals surface area contributed by atoms with Gasteiger partial charge in [-0.1, -0.05) is 46.5 Å². The summed E-state index contributed by atoms with van der Waals surface area (Å²) in [6, 6.07) is 11.7. The Labute approximate surface area is 148 Å². The van der Waals surface area contributed by atoms with Gasteiger partial charge in [-0.25, -0.2) is 0 Å². The topological polar surface area (TPSA) is 63.3 Å².